The number of piperidine rings is 1. The fourth-order valence-electron chi connectivity index (χ4n) is 6.95. The van der Waals surface area contributed by atoms with E-state index in [1.807, 2.05) is 0 Å². The number of ether oxygens (including phenoxy) is 3. The van der Waals surface area contributed by atoms with Gasteiger partial charge in [0.05, 0.1) is 34.8 Å². The van der Waals surface area contributed by atoms with Crippen LogP contribution in [0.25, 0.3) is 11.0 Å². The molecule has 224 valence electrons. The number of aliphatic hydroxyl groups is 2. The van der Waals surface area contributed by atoms with Crippen molar-refractivity contribution in [2.24, 2.45) is 11.8 Å². The second kappa shape index (κ2) is 10.0. The molecule has 0 spiro atoms. The molecule has 0 amide bonds. The summed E-state index contributed by atoms with van der Waals surface area (Å²) in [5, 5.41) is 20.4. The third-order valence-electron chi connectivity index (χ3n) is 9.26. The van der Waals surface area contributed by atoms with Gasteiger partial charge < -0.3 is 29.0 Å². The van der Waals surface area contributed by atoms with Gasteiger partial charge in [0.25, 0.3) is 5.79 Å². The number of rotatable bonds is 7. The maximum Gasteiger partial charge on any atom is 0.292 e. The molecule has 43 heavy (non-hydrogen) atoms. The third-order valence-corrected chi connectivity index (χ3v) is 9.77. The standard InChI is InChI=1S/C31H29Cl2FN4O5/c1-31(24-5-2-16(32)10-35-24)42-23-4-3-21(34)27(29(23)43-31)26-18-12-37(13-19(18)26)14-25-36-28-20(33)8-15(30(39)40)9-22(28)38(25)11-17-6-7-41-17/h2-5,8-10,17-19,26,30,39-40H,6-7,11-14H2,1H3/t17-,18-,19+,26?,31+/m0/s1. The number of imidazole rings is 1. The van der Waals surface area contributed by atoms with E-state index >= 15 is 4.39 Å². The Hall–Kier alpha value is -2.99. The highest BCUT2D eigenvalue weighted by molar-refractivity contribution is 6.35. The first-order chi connectivity index (χ1) is 20.7. The van der Waals surface area contributed by atoms with Crippen LogP contribution in [0.3, 0.4) is 0 Å². The lowest BCUT2D eigenvalue weighted by Crippen LogP contribution is -2.33. The zero-order valence-corrected chi connectivity index (χ0v) is 24.7. The number of halogens is 3. The summed E-state index contributed by atoms with van der Waals surface area (Å²) < 4.78 is 35.7. The van der Waals surface area contributed by atoms with Crippen LogP contribution in [-0.2, 0) is 23.6 Å². The topological polar surface area (TPSA) is 102 Å². The van der Waals surface area contributed by atoms with E-state index in [9.17, 15) is 10.2 Å². The van der Waals surface area contributed by atoms with Crippen molar-refractivity contribution in [1.29, 1.82) is 0 Å². The molecule has 3 fully saturated rings. The highest BCUT2D eigenvalue weighted by Gasteiger charge is 2.59. The molecular formula is C31H29Cl2FN4O5. The van der Waals surface area contributed by atoms with Crippen LogP contribution >= 0.6 is 23.2 Å². The maximum absolute atomic E-state index is 15.4. The number of aromatic nitrogens is 3. The van der Waals surface area contributed by atoms with E-state index in [0.29, 0.717) is 57.0 Å². The largest absolute Gasteiger partial charge is 0.443 e. The molecule has 9 nitrogen and oxygen atoms in total. The van der Waals surface area contributed by atoms with Crippen molar-refractivity contribution in [3.63, 3.8) is 0 Å². The van der Waals surface area contributed by atoms with Crippen LogP contribution in [0.1, 0.15) is 48.2 Å². The van der Waals surface area contributed by atoms with Crippen molar-refractivity contribution in [2.45, 2.75) is 50.5 Å². The molecule has 0 bridgehead atoms. The molecule has 1 saturated carbocycles. The molecular weight excluding hydrogens is 598 g/mol. The minimum atomic E-state index is -1.63. The Balaban J connectivity index is 1.03. The van der Waals surface area contributed by atoms with Gasteiger partial charge in [0.2, 0.25) is 0 Å². The SMILES string of the molecule is C[C@@]1(c2ccc(Cl)cn2)Oc2ccc(F)c(C3[C@H]4CN(Cc5nc6c(Cl)cc(C(O)O)cc6n5C[C@@H]5CCO5)C[C@@H]34)c2O1. The molecule has 2 N–H and O–H groups in total. The fourth-order valence-corrected chi connectivity index (χ4v) is 7.33. The van der Waals surface area contributed by atoms with E-state index < -0.39 is 12.1 Å². The number of fused-ring (bicyclic) bond motifs is 3. The van der Waals surface area contributed by atoms with E-state index in [-0.39, 0.29) is 29.7 Å². The molecule has 2 aromatic carbocycles. The van der Waals surface area contributed by atoms with Crippen LogP contribution < -0.4 is 9.47 Å². The molecule has 12 heteroatoms. The van der Waals surface area contributed by atoms with Gasteiger partial charge in [0.1, 0.15) is 22.9 Å². The highest BCUT2D eigenvalue weighted by atomic mass is 35.5. The first-order valence-corrected chi connectivity index (χ1v) is 15.1. The summed E-state index contributed by atoms with van der Waals surface area (Å²) in [6.45, 7) is 5.27. The van der Waals surface area contributed by atoms with Crippen molar-refractivity contribution in [2.75, 3.05) is 19.7 Å². The summed E-state index contributed by atoms with van der Waals surface area (Å²) in [7, 11) is 0. The molecule has 4 aliphatic rings. The highest BCUT2D eigenvalue weighted by Crippen LogP contribution is 2.63. The lowest BCUT2D eigenvalue weighted by molar-refractivity contribution is -0.0721. The number of pyridine rings is 1. The van der Waals surface area contributed by atoms with Crippen LogP contribution in [0.2, 0.25) is 10.0 Å². The van der Waals surface area contributed by atoms with E-state index in [1.165, 1.54) is 18.3 Å². The van der Waals surface area contributed by atoms with Gasteiger partial charge in [-0.1, -0.05) is 23.2 Å². The third kappa shape index (κ3) is 4.58. The first kappa shape index (κ1) is 27.6. The van der Waals surface area contributed by atoms with E-state index in [2.05, 4.69) is 14.5 Å². The van der Waals surface area contributed by atoms with E-state index in [4.69, 9.17) is 42.4 Å². The van der Waals surface area contributed by atoms with E-state index in [0.717, 1.165) is 37.5 Å². The Labute approximate surface area is 256 Å². The van der Waals surface area contributed by atoms with Crippen molar-refractivity contribution >= 4 is 34.2 Å². The van der Waals surface area contributed by atoms with Gasteiger partial charge in [0.15, 0.2) is 17.8 Å². The lowest BCUT2D eigenvalue weighted by Gasteiger charge is -2.28. The number of hydrogen-bond acceptors (Lipinski definition) is 8. The maximum atomic E-state index is 15.4. The second-order valence-corrected chi connectivity index (χ2v) is 12.9. The molecule has 4 aromatic rings. The van der Waals surface area contributed by atoms with Gasteiger partial charge in [-0.05, 0) is 60.6 Å². The Morgan fingerprint density at radius 2 is 1.91 bits per heavy atom. The van der Waals surface area contributed by atoms with Crippen LogP contribution in [-0.4, -0.2) is 55.4 Å². The Morgan fingerprint density at radius 3 is 2.58 bits per heavy atom. The number of hydrogen-bond donors (Lipinski definition) is 2. The fraction of sp³-hybridized carbons (Fsp3) is 0.419. The molecule has 5 atom stereocenters. The van der Waals surface area contributed by atoms with E-state index in [1.54, 1.807) is 31.2 Å². The molecule has 1 unspecified atom stereocenters. The minimum absolute atomic E-state index is 0.0283. The number of benzene rings is 2. The number of aliphatic hydroxyl groups excluding tert-OH is 1. The zero-order chi connectivity index (χ0) is 29.6. The molecule has 2 aromatic heterocycles. The van der Waals surface area contributed by atoms with Gasteiger partial charge in [0, 0.05) is 43.9 Å². The summed E-state index contributed by atoms with van der Waals surface area (Å²) >= 11 is 12.5. The molecule has 8 rings (SSSR count). The van der Waals surface area contributed by atoms with Gasteiger partial charge in [-0.15, -0.1) is 0 Å². The first-order valence-electron chi connectivity index (χ1n) is 14.4. The van der Waals surface area contributed by atoms with Gasteiger partial charge >= 0.3 is 0 Å². The Bertz CT molecular complexity index is 1730. The van der Waals surface area contributed by atoms with Crippen molar-refractivity contribution in [1.82, 2.24) is 19.4 Å². The van der Waals surface area contributed by atoms with Crippen LogP contribution in [0, 0.1) is 17.7 Å². The smallest absolute Gasteiger partial charge is 0.292 e. The molecule has 5 heterocycles. The molecule has 1 aliphatic carbocycles. The summed E-state index contributed by atoms with van der Waals surface area (Å²) in [6.07, 6.45) is 0.936. The summed E-state index contributed by atoms with van der Waals surface area (Å²) in [4.78, 5) is 11.6. The summed E-state index contributed by atoms with van der Waals surface area (Å²) in [5.41, 5.74) is 2.82. The van der Waals surface area contributed by atoms with Gasteiger partial charge in [-0.3, -0.25) is 9.88 Å². The average Bonchev–Trinajstić information content (AvgIpc) is 3.25. The number of likely N-dealkylation sites (tertiary alicyclic amines) is 1. The minimum Gasteiger partial charge on any atom is -0.443 e. The van der Waals surface area contributed by atoms with Crippen molar-refractivity contribution in [3.8, 4) is 11.5 Å². The molecule has 3 aliphatic heterocycles. The number of nitrogens with zero attached hydrogens (tertiary/aromatic N) is 4. The predicted octanol–water partition coefficient (Wildman–Crippen LogP) is 5.14. The Kier molecular flexibility index (Phi) is 6.42. The van der Waals surface area contributed by atoms with Crippen LogP contribution in [0.5, 0.6) is 11.5 Å². The quantitative estimate of drug-likeness (QED) is 0.272. The zero-order valence-electron chi connectivity index (χ0n) is 23.2. The van der Waals surface area contributed by atoms with Crippen LogP contribution in [0.4, 0.5) is 4.39 Å². The van der Waals surface area contributed by atoms with Gasteiger partial charge in [-0.25, -0.2) is 9.37 Å². The summed E-state index contributed by atoms with van der Waals surface area (Å²) in [6, 6.07) is 9.81. The molecule has 0 radical (unpaired) electrons. The monoisotopic (exact) mass is 626 g/mol. The van der Waals surface area contributed by atoms with Crippen LogP contribution in [0.15, 0.2) is 42.6 Å². The van der Waals surface area contributed by atoms with Crippen molar-refractivity contribution in [3.05, 3.63) is 81.1 Å². The average molecular weight is 628 g/mol. The predicted molar refractivity (Wildman–Crippen MR) is 156 cm³/mol. The Morgan fingerprint density at radius 1 is 1.12 bits per heavy atom. The van der Waals surface area contributed by atoms with Gasteiger partial charge in [-0.2, -0.15) is 0 Å². The lowest BCUT2D eigenvalue weighted by atomic mass is 10.0. The normalized spacial score (nSPS) is 27.6. The summed E-state index contributed by atoms with van der Waals surface area (Å²) in [5.74, 6) is 0.903. The molecule has 2 saturated heterocycles. The second-order valence-electron chi connectivity index (χ2n) is 12.0. The van der Waals surface area contributed by atoms with Crippen molar-refractivity contribution < 1.29 is 28.8 Å².